The zero-order valence-electron chi connectivity index (χ0n) is 19.4. The molecule has 0 saturated carbocycles. The zero-order valence-corrected chi connectivity index (χ0v) is 20.9. The third kappa shape index (κ3) is 5.22. The summed E-state index contributed by atoms with van der Waals surface area (Å²) in [6, 6.07) is 9.20. The first-order valence-corrected chi connectivity index (χ1v) is 12.6. The molecule has 1 aliphatic heterocycles. The first-order chi connectivity index (χ1) is 17.9. The number of carbonyl (C=O) groups excluding carboxylic acids is 1. The molecular weight excluding hydrogens is 556 g/mol. The summed E-state index contributed by atoms with van der Waals surface area (Å²) in [5.74, 6) is -0.648. The summed E-state index contributed by atoms with van der Waals surface area (Å²) in [4.78, 5) is 21.2. The minimum Gasteiger partial charge on any atom is -0.335 e. The van der Waals surface area contributed by atoms with Crippen LogP contribution in [0.15, 0.2) is 47.8 Å². The molecule has 1 amide bonds. The van der Waals surface area contributed by atoms with E-state index in [0.717, 1.165) is 18.2 Å². The lowest BCUT2D eigenvalue weighted by Gasteiger charge is -2.34. The molecule has 0 bridgehead atoms. The SMILES string of the molecule is O=C(c1nn2c(C(F)(F)F)cc(-c3cccs3)nc2c1Cl)N1CCN(Cc2cccc(C(F)(F)F)c2)CC1. The van der Waals surface area contributed by atoms with Crippen LogP contribution in [-0.4, -0.2) is 56.5 Å². The Bertz CT molecular complexity index is 1480. The topological polar surface area (TPSA) is 53.7 Å². The Hall–Kier alpha value is -3.16. The van der Waals surface area contributed by atoms with Crippen LogP contribution in [0.5, 0.6) is 0 Å². The number of hydrogen-bond acceptors (Lipinski definition) is 5. The van der Waals surface area contributed by atoms with Crippen molar-refractivity contribution in [1.82, 2.24) is 24.4 Å². The van der Waals surface area contributed by atoms with Gasteiger partial charge in [-0.1, -0.05) is 35.9 Å². The molecule has 0 atom stereocenters. The standard InChI is InChI=1S/C24H18ClF6N5OS/c25-19-20(33-36-18(24(29,30)31)12-16(32-21(19)36)17-5-2-10-38-17)22(37)35-8-6-34(7-9-35)13-14-3-1-4-15(11-14)23(26,27)28/h1-5,10-12H,6-9,13H2. The van der Waals surface area contributed by atoms with Crippen LogP contribution >= 0.6 is 22.9 Å². The van der Waals surface area contributed by atoms with Gasteiger partial charge in [-0.05, 0) is 29.1 Å². The van der Waals surface area contributed by atoms with E-state index in [-0.39, 0.29) is 41.7 Å². The van der Waals surface area contributed by atoms with Gasteiger partial charge in [0.25, 0.3) is 5.91 Å². The van der Waals surface area contributed by atoms with Gasteiger partial charge >= 0.3 is 12.4 Å². The van der Waals surface area contributed by atoms with Gasteiger partial charge in [0.1, 0.15) is 5.02 Å². The number of alkyl halides is 6. The highest BCUT2D eigenvalue weighted by molar-refractivity contribution is 7.13. The Balaban J connectivity index is 1.35. The molecule has 1 fully saturated rings. The lowest BCUT2D eigenvalue weighted by Crippen LogP contribution is -2.48. The summed E-state index contributed by atoms with van der Waals surface area (Å²) in [5, 5.41) is 5.31. The highest BCUT2D eigenvalue weighted by Gasteiger charge is 2.37. The van der Waals surface area contributed by atoms with Crippen LogP contribution in [0.3, 0.4) is 0 Å². The van der Waals surface area contributed by atoms with Crippen LogP contribution < -0.4 is 0 Å². The molecule has 14 heteroatoms. The van der Waals surface area contributed by atoms with E-state index in [0.29, 0.717) is 28.0 Å². The summed E-state index contributed by atoms with van der Waals surface area (Å²) >= 11 is 7.56. The van der Waals surface area contributed by atoms with Gasteiger partial charge in [-0.15, -0.1) is 11.3 Å². The Morgan fingerprint density at radius 2 is 1.71 bits per heavy atom. The van der Waals surface area contributed by atoms with E-state index >= 15 is 0 Å². The van der Waals surface area contributed by atoms with Crippen molar-refractivity contribution in [2.45, 2.75) is 18.9 Å². The van der Waals surface area contributed by atoms with Crippen molar-refractivity contribution in [3.8, 4) is 10.6 Å². The summed E-state index contributed by atoms with van der Waals surface area (Å²) in [7, 11) is 0. The zero-order chi connectivity index (χ0) is 27.2. The minimum atomic E-state index is -4.78. The number of piperazine rings is 1. The number of rotatable bonds is 4. The van der Waals surface area contributed by atoms with Crippen molar-refractivity contribution in [1.29, 1.82) is 0 Å². The van der Waals surface area contributed by atoms with E-state index in [9.17, 15) is 31.1 Å². The van der Waals surface area contributed by atoms with Gasteiger partial charge in [0.2, 0.25) is 0 Å². The number of nitrogens with zero attached hydrogens (tertiary/aromatic N) is 5. The molecule has 1 saturated heterocycles. The van der Waals surface area contributed by atoms with Crippen molar-refractivity contribution < 1.29 is 31.1 Å². The van der Waals surface area contributed by atoms with E-state index in [1.807, 2.05) is 4.90 Å². The molecule has 0 radical (unpaired) electrons. The van der Waals surface area contributed by atoms with Gasteiger partial charge in [-0.2, -0.15) is 31.4 Å². The quantitative estimate of drug-likeness (QED) is 0.277. The van der Waals surface area contributed by atoms with Crippen LogP contribution in [-0.2, 0) is 18.9 Å². The maximum absolute atomic E-state index is 13.9. The van der Waals surface area contributed by atoms with Crippen LogP contribution in [0.4, 0.5) is 26.3 Å². The van der Waals surface area contributed by atoms with Crippen molar-refractivity contribution in [3.05, 3.63) is 75.4 Å². The fourth-order valence-corrected chi connectivity index (χ4v) is 5.17. The third-order valence-electron chi connectivity index (χ3n) is 6.12. The van der Waals surface area contributed by atoms with Gasteiger partial charge in [0, 0.05) is 32.7 Å². The molecule has 0 unspecified atom stereocenters. The van der Waals surface area contributed by atoms with Crippen LogP contribution in [0.2, 0.25) is 5.02 Å². The molecular formula is C24H18ClF6N5OS. The molecule has 0 aliphatic carbocycles. The molecule has 4 heterocycles. The third-order valence-corrected chi connectivity index (χ3v) is 7.36. The average Bonchev–Trinajstić information content (AvgIpc) is 3.51. The second-order valence-electron chi connectivity index (χ2n) is 8.67. The maximum atomic E-state index is 13.9. The number of halogens is 7. The van der Waals surface area contributed by atoms with Crippen molar-refractivity contribution in [3.63, 3.8) is 0 Å². The first-order valence-electron chi connectivity index (χ1n) is 11.3. The smallest absolute Gasteiger partial charge is 0.335 e. The molecule has 1 aromatic carbocycles. The summed E-state index contributed by atoms with van der Waals surface area (Å²) in [6.45, 7) is 1.35. The van der Waals surface area contributed by atoms with Crippen LogP contribution in [0.25, 0.3) is 16.2 Å². The average molecular weight is 574 g/mol. The number of hydrogen-bond donors (Lipinski definition) is 0. The summed E-state index contributed by atoms with van der Waals surface area (Å²) in [5.41, 5.74) is -1.94. The first kappa shape index (κ1) is 26.4. The van der Waals surface area contributed by atoms with E-state index in [1.165, 1.54) is 22.3 Å². The predicted molar refractivity (Wildman–Crippen MR) is 129 cm³/mol. The number of benzene rings is 1. The van der Waals surface area contributed by atoms with E-state index in [4.69, 9.17) is 11.6 Å². The highest BCUT2D eigenvalue weighted by atomic mass is 35.5. The molecule has 6 nitrogen and oxygen atoms in total. The lowest BCUT2D eigenvalue weighted by atomic mass is 10.1. The largest absolute Gasteiger partial charge is 0.433 e. The van der Waals surface area contributed by atoms with E-state index in [2.05, 4.69) is 10.1 Å². The fourth-order valence-electron chi connectivity index (χ4n) is 4.24. The summed E-state index contributed by atoms with van der Waals surface area (Å²) in [6.07, 6.45) is -9.22. The number of amides is 1. The Morgan fingerprint density at radius 3 is 2.34 bits per heavy atom. The van der Waals surface area contributed by atoms with Crippen LogP contribution in [0.1, 0.15) is 27.3 Å². The molecule has 5 rings (SSSR count). The van der Waals surface area contributed by atoms with Crippen molar-refractivity contribution in [2.24, 2.45) is 0 Å². The van der Waals surface area contributed by atoms with Gasteiger partial charge < -0.3 is 4.90 Å². The molecule has 200 valence electrons. The van der Waals surface area contributed by atoms with Crippen molar-refractivity contribution in [2.75, 3.05) is 26.2 Å². The molecule has 0 spiro atoms. The number of fused-ring (bicyclic) bond motifs is 1. The number of carbonyl (C=O) groups is 1. The monoisotopic (exact) mass is 573 g/mol. The molecule has 38 heavy (non-hydrogen) atoms. The van der Waals surface area contributed by atoms with E-state index < -0.39 is 29.5 Å². The second-order valence-corrected chi connectivity index (χ2v) is 9.99. The van der Waals surface area contributed by atoms with Gasteiger partial charge in [-0.25, -0.2) is 9.50 Å². The van der Waals surface area contributed by atoms with Gasteiger partial charge in [0.05, 0.1) is 16.1 Å². The maximum Gasteiger partial charge on any atom is 0.433 e. The molecule has 1 aliphatic rings. The second kappa shape index (κ2) is 9.86. The molecule has 0 N–H and O–H groups in total. The van der Waals surface area contributed by atoms with Gasteiger partial charge in [0.15, 0.2) is 17.0 Å². The minimum absolute atomic E-state index is 0.0591. The van der Waals surface area contributed by atoms with Crippen LogP contribution in [0, 0.1) is 0 Å². The Morgan fingerprint density at radius 1 is 0.974 bits per heavy atom. The predicted octanol–water partition coefficient (Wildman–Crippen LogP) is 6.11. The normalized spacial score (nSPS) is 15.4. The van der Waals surface area contributed by atoms with Crippen molar-refractivity contribution >= 4 is 34.5 Å². The fraction of sp³-hybridized carbons (Fsp3) is 0.292. The van der Waals surface area contributed by atoms with E-state index in [1.54, 1.807) is 23.6 Å². The highest BCUT2D eigenvalue weighted by Crippen LogP contribution is 2.36. The Labute approximate surface area is 221 Å². The lowest BCUT2D eigenvalue weighted by molar-refractivity contribution is -0.142. The summed E-state index contributed by atoms with van der Waals surface area (Å²) < 4.78 is 81.1. The molecule has 4 aromatic rings. The number of aromatic nitrogens is 3. The number of thiophene rings is 1. The van der Waals surface area contributed by atoms with Gasteiger partial charge in [-0.3, -0.25) is 9.69 Å². The molecule has 3 aromatic heterocycles. The Kier molecular flexibility index (Phi) is 6.86.